The minimum Gasteiger partial charge on any atom is -0.188 e. The van der Waals surface area contributed by atoms with Gasteiger partial charge in [-0.2, -0.15) is 9.82 Å². The van der Waals surface area contributed by atoms with E-state index in [-0.39, 0.29) is 18.3 Å². The van der Waals surface area contributed by atoms with Crippen LogP contribution < -0.4 is 5.43 Å². The minimum atomic E-state index is -0.675. The summed E-state index contributed by atoms with van der Waals surface area (Å²) in [5.41, 5.74) is 2.15. The lowest BCUT2D eigenvalue weighted by Crippen LogP contribution is -2.33. The van der Waals surface area contributed by atoms with E-state index in [1.54, 1.807) is 0 Å². The third-order valence-corrected chi connectivity index (χ3v) is 0.770. The molecule has 0 saturated carbocycles. The summed E-state index contributed by atoms with van der Waals surface area (Å²) in [6.45, 7) is 0.270. The first-order valence-corrected chi connectivity index (χ1v) is 2.21. The number of nitrogens with one attached hydrogen (secondary N) is 1. The van der Waals surface area contributed by atoms with E-state index < -0.39 is 5.97 Å². The molecule has 5 heteroatoms. The molecule has 0 atom stereocenters. The number of halogens is 2. The topological polar surface area (TPSA) is 27.6 Å². The van der Waals surface area contributed by atoms with E-state index >= 15 is 0 Å². The number of hydrazone groups is 1. The maximum Gasteiger partial charge on any atom is 0.213 e. The number of rotatable bonds is 0. The number of nitrogens with zero attached hydrogens (tertiary/aromatic N) is 2. The highest BCUT2D eigenvalue weighted by Gasteiger charge is 2.07. The van der Waals surface area contributed by atoms with Crippen LogP contribution >= 0.6 is 0 Å². The van der Waals surface area contributed by atoms with Crippen LogP contribution in [0.1, 0.15) is 6.42 Å². The van der Waals surface area contributed by atoms with Crippen LogP contribution in [0.2, 0.25) is 0 Å². The molecule has 0 fully saturated rings. The average molecular weight is 121 g/mol. The van der Waals surface area contributed by atoms with Crippen molar-refractivity contribution in [2.24, 2.45) is 5.10 Å². The van der Waals surface area contributed by atoms with E-state index in [0.717, 1.165) is 0 Å². The molecule has 3 nitrogen and oxygen atoms in total. The molecule has 0 spiro atoms. The normalized spacial score (nSPS) is 20.8. The van der Waals surface area contributed by atoms with Gasteiger partial charge in [0, 0.05) is 13.0 Å². The lowest BCUT2D eigenvalue weighted by Gasteiger charge is -2.12. The van der Waals surface area contributed by atoms with E-state index in [2.05, 4.69) is 10.5 Å². The largest absolute Gasteiger partial charge is 0.213 e. The maximum absolute atomic E-state index is 11.9. The van der Waals surface area contributed by atoms with Crippen molar-refractivity contribution in [3.8, 4) is 0 Å². The molecule has 0 aliphatic carbocycles. The first-order valence-electron chi connectivity index (χ1n) is 2.21. The molecule has 1 N–H and O–H groups in total. The van der Waals surface area contributed by atoms with Crippen molar-refractivity contribution in [3.63, 3.8) is 0 Å². The lowest BCUT2D eigenvalue weighted by molar-refractivity contribution is -0.0368. The molecular weight excluding hydrogens is 116 g/mol. The fourth-order valence-electron chi connectivity index (χ4n) is 0.432. The van der Waals surface area contributed by atoms with Crippen molar-refractivity contribution in [1.29, 1.82) is 0 Å². The van der Waals surface area contributed by atoms with Gasteiger partial charge in [0.05, 0.1) is 0 Å². The highest BCUT2D eigenvalue weighted by molar-refractivity contribution is 5.74. The number of hydrogen-bond acceptors (Lipinski definition) is 3. The summed E-state index contributed by atoms with van der Waals surface area (Å²) in [5, 5.41) is 2.66. The summed E-state index contributed by atoms with van der Waals surface area (Å²) in [4.78, 5) is 0. The summed E-state index contributed by atoms with van der Waals surface area (Å²) in [6.07, 6.45) is 0.167. The van der Waals surface area contributed by atoms with Crippen LogP contribution in [-0.4, -0.2) is 17.9 Å². The van der Waals surface area contributed by atoms with Crippen molar-refractivity contribution >= 4 is 5.97 Å². The highest BCUT2D eigenvalue weighted by Crippen LogP contribution is 1.97. The quantitative estimate of drug-likeness (QED) is 0.469. The van der Waals surface area contributed by atoms with E-state index in [0.29, 0.717) is 0 Å². The first kappa shape index (κ1) is 5.43. The summed E-state index contributed by atoms with van der Waals surface area (Å²) >= 11 is 0. The Morgan fingerprint density at radius 3 is 2.88 bits per heavy atom. The Morgan fingerprint density at radius 2 is 2.50 bits per heavy atom. The van der Waals surface area contributed by atoms with Gasteiger partial charge >= 0.3 is 0 Å². The molecule has 1 aliphatic rings. The van der Waals surface area contributed by atoms with Crippen molar-refractivity contribution in [2.75, 3.05) is 6.54 Å². The van der Waals surface area contributed by atoms with Gasteiger partial charge in [-0.1, -0.05) is 4.48 Å². The molecular formula is C3H5F2N3. The van der Waals surface area contributed by atoms with Crippen LogP contribution in [0.15, 0.2) is 5.10 Å². The summed E-state index contributed by atoms with van der Waals surface area (Å²) in [6, 6.07) is 0. The Labute approximate surface area is 44.9 Å². The summed E-state index contributed by atoms with van der Waals surface area (Å²) < 4.78 is 23.6. The standard InChI is InChI=1S/C3H5F2N3/c4-3-1-2-6-8(5)7-3/h6H,1-2H2. The van der Waals surface area contributed by atoms with Gasteiger partial charge in [0.15, 0.2) is 0 Å². The first-order chi connectivity index (χ1) is 3.79. The second-order valence-corrected chi connectivity index (χ2v) is 1.39. The summed E-state index contributed by atoms with van der Waals surface area (Å²) in [7, 11) is 0. The molecule has 46 valence electrons. The van der Waals surface area contributed by atoms with Gasteiger partial charge in [0.2, 0.25) is 5.97 Å². The number of hydrogen-bond donors (Lipinski definition) is 1. The van der Waals surface area contributed by atoms with Gasteiger partial charge in [0.25, 0.3) is 0 Å². The Bertz CT molecular complexity index is 113. The van der Waals surface area contributed by atoms with Gasteiger partial charge in [-0.15, -0.1) is 5.10 Å². The fourth-order valence-corrected chi connectivity index (χ4v) is 0.432. The lowest BCUT2D eigenvalue weighted by atomic mass is 10.4. The van der Waals surface area contributed by atoms with Crippen molar-refractivity contribution in [2.45, 2.75) is 6.42 Å². The van der Waals surface area contributed by atoms with E-state index in [1.807, 2.05) is 0 Å². The van der Waals surface area contributed by atoms with E-state index in [9.17, 15) is 8.87 Å². The minimum absolute atomic E-state index is 0.126. The molecule has 0 aromatic rings. The molecule has 8 heavy (non-hydrogen) atoms. The highest BCUT2D eigenvalue weighted by atomic mass is 19.2. The second kappa shape index (κ2) is 2.04. The van der Waals surface area contributed by atoms with Crippen LogP contribution in [0.25, 0.3) is 0 Å². The molecule has 0 radical (unpaired) electrons. The second-order valence-electron chi connectivity index (χ2n) is 1.39. The average Bonchev–Trinajstić information content (AvgIpc) is 1.64. The predicted molar refractivity (Wildman–Crippen MR) is 24.1 cm³/mol. The Hall–Kier alpha value is -0.710. The molecule has 0 aromatic heterocycles. The zero-order chi connectivity index (χ0) is 5.98. The van der Waals surface area contributed by atoms with Crippen molar-refractivity contribution in [3.05, 3.63) is 0 Å². The van der Waals surface area contributed by atoms with E-state index in [1.165, 1.54) is 0 Å². The van der Waals surface area contributed by atoms with Crippen molar-refractivity contribution in [1.82, 2.24) is 10.8 Å². The molecule has 0 unspecified atom stereocenters. The van der Waals surface area contributed by atoms with Crippen LogP contribution in [0.4, 0.5) is 8.87 Å². The third kappa shape index (κ3) is 1.13. The molecule has 1 rings (SSSR count). The monoisotopic (exact) mass is 121 g/mol. The van der Waals surface area contributed by atoms with Gasteiger partial charge in [-0.05, 0) is 5.34 Å². The van der Waals surface area contributed by atoms with Crippen LogP contribution in [0.5, 0.6) is 0 Å². The van der Waals surface area contributed by atoms with Gasteiger partial charge in [0.1, 0.15) is 0 Å². The molecule has 0 bridgehead atoms. The van der Waals surface area contributed by atoms with Crippen LogP contribution in [0.3, 0.4) is 0 Å². The SMILES string of the molecule is FC1=NN(F)NCC1. The molecule has 1 aliphatic heterocycles. The Balaban J connectivity index is 2.50. The van der Waals surface area contributed by atoms with Gasteiger partial charge in [-0.25, -0.2) is 0 Å². The summed E-state index contributed by atoms with van der Waals surface area (Å²) in [5.74, 6) is -0.675. The fraction of sp³-hybridized carbons (Fsp3) is 0.667. The van der Waals surface area contributed by atoms with Crippen molar-refractivity contribution < 1.29 is 8.87 Å². The maximum atomic E-state index is 11.9. The Morgan fingerprint density at radius 1 is 1.75 bits per heavy atom. The molecule has 1 heterocycles. The predicted octanol–water partition coefficient (Wildman–Crippen LogP) is 0.364. The van der Waals surface area contributed by atoms with Gasteiger partial charge < -0.3 is 0 Å². The van der Waals surface area contributed by atoms with Crippen LogP contribution in [0, 0.1) is 0 Å². The zero-order valence-electron chi connectivity index (χ0n) is 4.06. The third-order valence-electron chi connectivity index (χ3n) is 0.770. The molecule has 0 saturated heterocycles. The smallest absolute Gasteiger partial charge is 0.188 e. The van der Waals surface area contributed by atoms with Crippen LogP contribution in [-0.2, 0) is 0 Å². The zero-order valence-corrected chi connectivity index (χ0v) is 4.06. The molecule has 0 aromatic carbocycles. The van der Waals surface area contributed by atoms with E-state index in [4.69, 9.17) is 0 Å². The van der Waals surface area contributed by atoms with Gasteiger partial charge in [-0.3, -0.25) is 0 Å². The molecule has 0 amide bonds. The Kier molecular flexibility index (Phi) is 1.38. The number of hydrazine groups is 1.